The molecule has 2 fully saturated rings. The molecular weight excluding hydrogens is 484 g/mol. The smallest absolute Gasteiger partial charge is 0.232 e. The van der Waals surface area contributed by atoms with Gasteiger partial charge in [0.05, 0.1) is 10.8 Å². The summed E-state index contributed by atoms with van der Waals surface area (Å²) in [7, 11) is 0. The molecule has 4 N–H and O–H groups in total. The predicted molar refractivity (Wildman–Crippen MR) is 154 cm³/mol. The van der Waals surface area contributed by atoms with Gasteiger partial charge in [0.1, 0.15) is 5.75 Å². The second-order valence-electron chi connectivity index (χ2n) is 14.1. The van der Waals surface area contributed by atoms with E-state index in [1.54, 1.807) is 6.07 Å². The first kappa shape index (κ1) is 26.4. The van der Waals surface area contributed by atoms with Crippen molar-refractivity contribution in [3.8, 4) is 5.75 Å². The summed E-state index contributed by atoms with van der Waals surface area (Å²) in [4.78, 5) is 28.4. The maximum atomic E-state index is 14.2. The van der Waals surface area contributed by atoms with Gasteiger partial charge in [-0.1, -0.05) is 52.7 Å². The van der Waals surface area contributed by atoms with E-state index < -0.39 is 10.8 Å². The minimum absolute atomic E-state index is 0.0990. The van der Waals surface area contributed by atoms with Crippen LogP contribution in [0, 0.1) is 22.7 Å². The van der Waals surface area contributed by atoms with Gasteiger partial charge < -0.3 is 10.8 Å². The molecule has 0 radical (unpaired) electrons. The first-order valence-electron chi connectivity index (χ1n) is 15.0. The lowest BCUT2D eigenvalue weighted by atomic mass is 9.49. The Bertz CT molecular complexity index is 1250. The van der Waals surface area contributed by atoms with Crippen molar-refractivity contribution in [3.63, 3.8) is 0 Å². The molecule has 39 heavy (non-hydrogen) atoms. The number of anilines is 1. The number of fused-ring (bicyclic) bond motifs is 6. The highest BCUT2D eigenvalue weighted by molar-refractivity contribution is 6.00. The molecule has 4 aliphatic rings. The molecule has 6 rings (SSSR count). The molecule has 0 heterocycles. The van der Waals surface area contributed by atoms with E-state index >= 15 is 0 Å². The number of carbonyl (C=O) groups excluding carboxylic acids is 2. The Morgan fingerprint density at radius 1 is 0.769 bits per heavy atom. The van der Waals surface area contributed by atoms with Crippen molar-refractivity contribution in [2.45, 2.75) is 103 Å². The summed E-state index contributed by atoms with van der Waals surface area (Å²) in [5.74, 6) is 0.357. The van der Waals surface area contributed by atoms with Gasteiger partial charge in [-0.2, -0.15) is 0 Å². The van der Waals surface area contributed by atoms with Gasteiger partial charge >= 0.3 is 0 Å². The van der Waals surface area contributed by atoms with Gasteiger partial charge in [0.25, 0.3) is 0 Å². The van der Waals surface area contributed by atoms with Crippen LogP contribution in [0.15, 0.2) is 36.4 Å². The van der Waals surface area contributed by atoms with Gasteiger partial charge in [-0.3, -0.25) is 14.9 Å². The average Bonchev–Trinajstić information content (AvgIpc) is 2.89. The lowest BCUT2D eigenvalue weighted by Gasteiger charge is -2.56. The van der Waals surface area contributed by atoms with E-state index in [2.05, 4.69) is 45.1 Å². The Hall–Kier alpha value is -2.82. The number of amides is 2. The molecule has 2 aromatic carbocycles. The van der Waals surface area contributed by atoms with Gasteiger partial charge in [-0.05, 0) is 121 Å². The average molecular weight is 529 g/mol. The van der Waals surface area contributed by atoms with Gasteiger partial charge in [-0.15, -0.1) is 0 Å². The number of aromatic hydroxyl groups is 1. The third-order valence-corrected chi connectivity index (χ3v) is 12.0. The molecule has 5 nitrogen and oxygen atoms in total. The lowest BCUT2D eigenvalue weighted by Crippen LogP contribution is -2.60. The number of carbonyl (C=O) groups is 2. The number of rotatable bonds is 2. The van der Waals surface area contributed by atoms with Crippen molar-refractivity contribution >= 4 is 17.5 Å². The van der Waals surface area contributed by atoms with E-state index in [0.29, 0.717) is 0 Å². The fourth-order valence-electron chi connectivity index (χ4n) is 9.86. The number of imide groups is 1. The number of nitrogens with two attached hydrogens (primary N) is 1. The first-order valence-corrected chi connectivity index (χ1v) is 15.0. The van der Waals surface area contributed by atoms with Crippen LogP contribution < -0.4 is 11.1 Å². The van der Waals surface area contributed by atoms with Gasteiger partial charge in [0.15, 0.2) is 0 Å². The van der Waals surface area contributed by atoms with E-state index in [1.807, 2.05) is 18.2 Å². The molecule has 2 aromatic rings. The van der Waals surface area contributed by atoms with E-state index in [0.717, 1.165) is 69.9 Å². The van der Waals surface area contributed by atoms with E-state index in [-0.39, 0.29) is 40.2 Å². The standard InChI is InChI=1S/C34H44N2O3/c1-31-15-5-17-33(3,27(31)13-9-21-7-11-23(35)19-25(21)31)29(38)36-30(39)34(4)18-6-16-32(2)26-20-24(37)12-8-22(26)10-14-28(32)34/h7-8,11-12,19-20,27-28,37H,5-6,9-10,13-18,35H2,1-4H3,(H,36,38,39)/t27-,28+,31-,32+,33+,34+/m1/s1. The van der Waals surface area contributed by atoms with E-state index in [1.165, 1.54) is 22.3 Å². The second kappa shape index (κ2) is 8.84. The summed E-state index contributed by atoms with van der Waals surface area (Å²) in [6.07, 6.45) is 9.20. The number of aryl methyl sites for hydroxylation is 2. The number of nitrogen functional groups attached to an aromatic ring is 1. The van der Waals surface area contributed by atoms with E-state index in [4.69, 9.17) is 5.73 Å². The van der Waals surface area contributed by atoms with Crippen molar-refractivity contribution in [1.82, 2.24) is 5.32 Å². The molecule has 5 heteroatoms. The van der Waals surface area contributed by atoms with Crippen molar-refractivity contribution in [2.75, 3.05) is 5.73 Å². The number of nitrogens with one attached hydrogen (secondary N) is 1. The molecule has 4 aliphatic carbocycles. The molecule has 0 unspecified atom stereocenters. The van der Waals surface area contributed by atoms with Gasteiger partial charge in [-0.25, -0.2) is 0 Å². The quantitative estimate of drug-likeness (QED) is 0.313. The summed E-state index contributed by atoms with van der Waals surface area (Å²) in [5.41, 5.74) is 10.5. The monoisotopic (exact) mass is 528 g/mol. The molecule has 6 atom stereocenters. The van der Waals surface area contributed by atoms with Crippen LogP contribution in [0.4, 0.5) is 5.69 Å². The minimum Gasteiger partial charge on any atom is -0.508 e. The van der Waals surface area contributed by atoms with Crippen LogP contribution >= 0.6 is 0 Å². The van der Waals surface area contributed by atoms with Crippen LogP contribution in [0.3, 0.4) is 0 Å². The molecule has 0 aliphatic heterocycles. The second-order valence-corrected chi connectivity index (χ2v) is 14.1. The molecule has 2 amide bonds. The van der Waals surface area contributed by atoms with Crippen LogP contribution in [0.1, 0.15) is 101 Å². The summed E-state index contributed by atoms with van der Waals surface area (Å²) in [6.45, 7) is 8.76. The fourth-order valence-corrected chi connectivity index (χ4v) is 9.86. The Kier molecular flexibility index (Phi) is 5.99. The maximum Gasteiger partial charge on any atom is 0.232 e. The first-order chi connectivity index (χ1) is 18.4. The zero-order valence-corrected chi connectivity index (χ0v) is 24.0. The molecule has 0 bridgehead atoms. The largest absolute Gasteiger partial charge is 0.508 e. The molecule has 208 valence electrons. The van der Waals surface area contributed by atoms with Crippen LogP contribution in [0.5, 0.6) is 5.75 Å². The zero-order chi connectivity index (χ0) is 27.8. The number of benzene rings is 2. The van der Waals surface area contributed by atoms with Crippen LogP contribution in [-0.2, 0) is 33.3 Å². The number of hydrogen-bond donors (Lipinski definition) is 3. The maximum absolute atomic E-state index is 14.2. The Labute approximate surface area is 233 Å². The molecule has 0 spiro atoms. The number of phenolic OH excluding ortho intramolecular Hbond substituents is 1. The normalized spacial score (nSPS) is 37.0. The Balaban J connectivity index is 1.28. The van der Waals surface area contributed by atoms with Crippen molar-refractivity contribution in [1.29, 1.82) is 0 Å². The Morgan fingerprint density at radius 2 is 1.26 bits per heavy atom. The molecule has 0 saturated heterocycles. The molecular formula is C34H44N2O3. The summed E-state index contributed by atoms with van der Waals surface area (Å²) in [5, 5.41) is 13.3. The summed E-state index contributed by atoms with van der Waals surface area (Å²) in [6, 6.07) is 12.0. The van der Waals surface area contributed by atoms with E-state index in [9.17, 15) is 14.7 Å². The van der Waals surface area contributed by atoms with Crippen LogP contribution in [0.2, 0.25) is 0 Å². The SMILES string of the molecule is C[C@@]12CCC[C@](C)(C(=O)NC(=O)[C@@]3(C)CCC[C@]4(C)c5cc(N)ccc5CC[C@@H]34)[C@H]1CCc1ccc(O)cc12. The fraction of sp³-hybridized carbons (Fsp3) is 0.588. The van der Waals surface area contributed by atoms with Gasteiger partial charge in [0.2, 0.25) is 11.8 Å². The predicted octanol–water partition coefficient (Wildman–Crippen LogP) is 6.34. The van der Waals surface area contributed by atoms with Crippen molar-refractivity contribution < 1.29 is 14.7 Å². The van der Waals surface area contributed by atoms with Crippen molar-refractivity contribution in [3.05, 3.63) is 58.7 Å². The molecule has 0 aromatic heterocycles. The minimum atomic E-state index is -0.631. The Morgan fingerprint density at radius 3 is 1.79 bits per heavy atom. The lowest BCUT2D eigenvalue weighted by molar-refractivity contribution is -0.150. The van der Waals surface area contributed by atoms with Crippen LogP contribution in [-0.4, -0.2) is 16.9 Å². The highest BCUT2D eigenvalue weighted by Gasteiger charge is 2.58. The number of phenols is 1. The third kappa shape index (κ3) is 3.78. The topological polar surface area (TPSA) is 92.4 Å². The number of hydrogen-bond acceptors (Lipinski definition) is 4. The highest BCUT2D eigenvalue weighted by Crippen LogP contribution is 2.59. The zero-order valence-electron chi connectivity index (χ0n) is 24.0. The third-order valence-electron chi connectivity index (χ3n) is 12.0. The summed E-state index contributed by atoms with van der Waals surface area (Å²) < 4.78 is 0. The van der Waals surface area contributed by atoms with Crippen molar-refractivity contribution in [2.24, 2.45) is 22.7 Å². The van der Waals surface area contributed by atoms with Gasteiger partial charge in [0, 0.05) is 5.69 Å². The molecule has 2 saturated carbocycles. The van der Waals surface area contributed by atoms with Crippen LogP contribution in [0.25, 0.3) is 0 Å². The highest BCUT2D eigenvalue weighted by atomic mass is 16.3. The summed E-state index contributed by atoms with van der Waals surface area (Å²) >= 11 is 0.